The van der Waals surface area contributed by atoms with Crippen LogP contribution in [-0.2, 0) is 7.05 Å². The molecule has 2 heterocycles. The van der Waals surface area contributed by atoms with E-state index in [0.717, 1.165) is 6.54 Å². The highest BCUT2D eigenvalue weighted by atomic mass is 15.0. The fourth-order valence-corrected chi connectivity index (χ4v) is 3.61. The second kappa shape index (κ2) is 4.13. The van der Waals surface area contributed by atoms with Crippen molar-refractivity contribution in [3.8, 4) is 0 Å². The van der Waals surface area contributed by atoms with E-state index in [0.29, 0.717) is 6.04 Å². The summed E-state index contributed by atoms with van der Waals surface area (Å²) in [5.74, 6) is 0. The maximum Gasteiger partial charge on any atom is 0.0515 e. The summed E-state index contributed by atoms with van der Waals surface area (Å²) in [5, 5.41) is 5.09. The molecule has 18 heavy (non-hydrogen) atoms. The molecule has 1 aromatic heterocycles. The van der Waals surface area contributed by atoms with Crippen molar-refractivity contribution in [3.63, 3.8) is 0 Å². The first kappa shape index (κ1) is 11.8. The normalized spacial score (nSPS) is 19.9. The van der Waals surface area contributed by atoms with E-state index >= 15 is 0 Å². The van der Waals surface area contributed by atoms with Gasteiger partial charge in [-0.1, -0.05) is 12.1 Å². The quantitative estimate of drug-likeness (QED) is 0.809. The van der Waals surface area contributed by atoms with Gasteiger partial charge in [0, 0.05) is 24.2 Å². The number of hydrogen-bond acceptors (Lipinski definition) is 1. The fourth-order valence-electron chi connectivity index (χ4n) is 3.61. The number of benzene rings is 1. The molecule has 1 aliphatic heterocycles. The van der Waals surface area contributed by atoms with E-state index in [1.165, 1.54) is 46.1 Å². The SMILES string of the molecule is Cc1ccc(C)c2c1c(C)c(C1CCCN1)n2C. The molecule has 0 aliphatic carbocycles. The molecule has 1 atom stereocenters. The van der Waals surface area contributed by atoms with Crippen molar-refractivity contribution >= 4 is 10.9 Å². The Labute approximate surface area is 109 Å². The summed E-state index contributed by atoms with van der Waals surface area (Å²) in [6.07, 6.45) is 2.56. The first-order valence-electron chi connectivity index (χ1n) is 6.89. The lowest BCUT2D eigenvalue weighted by Crippen LogP contribution is -2.16. The summed E-state index contributed by atoms with van der Waals surface area (Å²) >= 11 is 0. The molecule has 2 nitrogen and oxygen atoms in total. The molecule has 0 bridgehead atoms. The van der Waals surface area contributed by atoms with Gasteiger partial charge in [-0.25, -0.2) is 0 Å². The van der Waals surface area contributed by atoms with Crippen LogP contribution in [0.15, 0.2) is 12.1 Å². The van der Waals surface area contributed by atoms with Crippen LogP contribution in [0.1, 0.15) is 41.3 Å². The molecular formula is C16H22N2. The monoisotopic (exact) mass is 242 g/mol. The molecule has 0 radical (unpaired) electrons. The molecule has 96 valence electrons. The van der Waals surface area contributed by atoms with E-state index in [-0.39, 0.29) is 0 Å². The van der Waals surface area contributed by atoms with Gasteiger partial charge in [0.25, 0.3) is 0 Å². The highest BCUT2D eigenvalue weighted by molar-refractivity contribution is 5.91. The van der Waals surface area contributed by atoms with Crippen LogP contribution < -0.4 is 5.32 Å². The van der Waals surface area contributed by atoms with Crippen molar-refractivity contribution in [1.29, 1.82) is 0 Å². The molecule has 1 aliphatic rings. The smallest absolute Gasteiger partial charge is 0.0515 e. The van der Waals surface area contributed by atoms with E-state index in [4.69, 9.17) is 0 Å². The van der Waals surface area contributed by atoms with Gasteiger partial charge in [-0.3, -0.25) is 0 Å². The van der Waals surface area contributed by atoms with Gasteiger partial charge >= 0.3 is 0 Å². The molecule has 1 fully saturated rings. The molecule has 2 aromatic rings. The molecule has 1 saturated heterocycles. The van der Waals surface area contributed by atoms with E-state index < -0.39 is 0 Å². The first-order valence-corrected chi connectivity index (χ1v) is 6.89. The summed E-state index contributed by atoms with van der Waals surface area (Å²) in [5.41, 5.74) is 7.14. The van der Waals surface area contributed by atoms with E-state index in [1.54, 1.807) is 0 Å². The van der Waals surface area contributed by atoms with Crippen molar-refractivity contribution in [2.75, 3.05) is 6.54 Å². The van der Waals surface area contributed by atoms with Crippen molar-refractivity contribution in [2.24, 2.45) is 7.05 Å². The van der Waals surface area contributed by atoms with Gasteiger partial charge in [0.05, 0.1) is 5.52 Å². The van der Waals surface area contributed by atoms with Crippen molar-refractivity contribution in [3.05, 3.63) is 34.5 Å². The van der Waals surface area contributed by atoms with Crippen molar-refractivity contribution in [1.82, 2.24) is 9.88 Å². The first-order chi connectivity index (χ1) is 8.61. The number of aromatic nitrogens is 1. The lowest BCUT2D eigenvalue weighted by atomic mass is 10.0. The lowest BCUT2D eigenvalue weighted by Gasteiger charge is -2.14. The highest BCUT2D eigenvalue weighted by Crippen LogP contribution is 2.35. The summed E-state index contributed by atoms with van der Waals surface area (Å²) in [6.45, 7) is 7.88. The van der Waals surface area contributed by atoms with Crippen LogP contribution in [0.4, 0.5) is 0 Å². The molecule has 1 N–H and O–H groups in total. The zero-order valence-electron chi connectivity index (χ0n) is 11.8. The number of rotatable bonds is 1. The predicted octanol–water partition coefficient (Wildman–Crippen LogP) is 3.53. The Hall–Kier alpha value is -1.28. The van der Waals surface area contributed by atoms with Crippen LogP contribution in [0.3, 0.4) is 0 Å². The zero-order valence-corrected chi connectivity index (χ0v) is 11.8. The third-order valence-electron chi connectivity index (χ3n) is 4.43. The molecule has 0 saturated carbocycles. The number of nitrogens with one attached hydrogen (secondary N) is 1. The third-order valence-corrected chi connectivity index (χ3v) is 4.43. The second-order valence-corrected chi connectivity index (χ2v) is 5.64. The van der Waals surface area contributed by atoms with Crippen molar-refractivity contribution in [2.45, 2.75) is 39.7 Å². The Kier molecular flexibility index (Phi) is 2.70. The van der Waals surface area contributed by atoms with E-state index in [1.807, 2.05) is 0 Å². The second-order valence-electron chi connectivity index (χ2n) is 5.64. The zero-order chi connectivity index (χ0) is 12.9. The minimum Gasteiger partial charge on any atom is -0.346 e. The standard InChI is InChI=1S/C16H22N2/c1-10-7-8-11(2)15-14(10)12(3)16(18(15)4)13-6-5-9-17-13/h7-8,13,17H,5-6,9H2,1-4H3. The van der Waals surface area contributed by atoms with Crippen LogP contribution in [0, 0.1) is 20.8 Å². The summed E-state index contributed by atoms with van der Waals surface area (Å²) in [6, 6.07) is 5.03. The third kappa shape index (κ3) is 1.52. The molecule has 2 heteroatoms. The van der Waals surface area contributed by atoms with Gasteiger partial charge in [-0.2, -0.15) is 0 Å². The van der Waals surface area contributed by atoms with Crippen molar-refractivity contribution < 1.29 is 0 Å². The maximum absolute atomic E-state index is 3.63. The van der Waals surface area contributed by atoms with Gasteiger partial charge in [-0.05, 0) is 56.8 Å². The molecule has 3 rings (SSSR count). The number of hydrogen-bond donors (Lipinski definition) is 1. The summed E-state index contributed by atoms with van der Waals surface area (Å²) < 4.78 is 2.41. The van der Waals surface area contributed by atoms with Crippen LogP contribution in [0.25, 0.3) is 10.9 Å². The lowest BCUT2D eigenvalue weighted by molar-refractivity contribution is 0.600. The minimum atomic E-state index is 0.543. The van der Waals surface area contributed by atoms with Crippen LogP contribution >= 0.6 is 0 Å². The predicted molar refractivity (Wildman–Crippen MR) is 77.1 cm³/mol. The molecule has 1 unspecified atom stereocenters. The van der Waals surface area contributed by atoms with E-state index in [2.05, 4.69) is 49.8 Å². The van der Waals surface area contributed by atoms with E-state index in [9.17, 15) is 0 Å². The van der Waals surface area contributed by atoms with Gasteiger partial charge < -0.3 is 9.88 Å². The Balaban J connectivity index is 2.33. The maximum atomic E-state index is 3.63. The van der Waals surface area contributed by atoms with Gasteiger partial charge in [0.1, 0.15) is 0 Å². The molecule has 0 amide bonds. The average Bonchev–Trinajstić information content (AvgIpc) is 2.92. The Morgan fingerprint density at radius 1 is 1.17 bits per heavy atom. The summed E-state index contributed by atoms with van der Waals surface area (Å²) in [7, 11) is 2.22. The van der Waals surface area contributed by atoms with Crippen LogP contribution in [-0.4, -0.2) is 11.1 Å². The van der Waals surface area contributed by atoms with Gasteiger partial charge in [0.2, 0.25) is 0 Å². The Morgan fingerprint density at radius 3 is 2.50 bits per heavy atom. The summed E-state index contributed by atoms with van der Waals surface area (Å²) in [4.78, 5) is 0. The minimum absolute atomic E-state index is 0.543. The Bertz CT molecular complexity index is 556. The van der Waals surface area contributed by atoms with Crippen LogP contribution in [0.2, 0.25) is 0 Å². The fraction of sp³-hybridized carbons (Fsp3) is 0.500. The van der Waals surface area contributed by atoms with Gasteiger partial charge in [-0.15, -0.1) is 0 Å². The molecular weight excluding hydrogens is 220 g/mol. The number of fused-ring (bicyclic) bond motifs is 1. The average molecular weight is 242 g/mol. The molecule has 1 aromatic carbocycles. The molecule has 0 spiro atoms. The number of nitrogens with zero attached hydrogens (tertiary/aromatic N) is 1. The topological polar surface area (TPSA) is 17.0 Å². The number of aryl methyl sites for hydroxylation is 4. The highest BCUT2D eigenvalue weighted by Gasteiger charge is 2.24. The largest absolute Gasteiger partial charge is 0.346 e. The van der Waals surface area contributed by atoms with Gasteiger partial charge in [0.15, 0.2) is 0 Å². The van der Waals surface area contributed by atoms with Crippen LogP contribution in [0.5, 0.6) is 0 Å². The Morgan fingerprint density at radius 2 is 1.89 bits per heavy atom.